The van der Waals surface area contributed by atoms with E-state index in [1.165, 1.54) is 5.06 Å². The lowest BCUT2D eigenvalue weighted by Crippen LogP contribution is -2.47. The second-order valence-electron chi connectivity index (χ2n) is 7.17. The molecule has 1 N–H and O–H groups in total. The van der Waals surface area contributed by atoms with Gasteiger partial charge < -0.3 is 9.63 Å². The van der Waals surface area contributed by atoms with E-state index in [2.05, 4.69) is 15.2 Å². The first-order chi connectivity index (χ1) is 14.6. The van der Waals surface area contributed by atoms with Crippen LogP contribution in [0, 0.1) is 6.92 Å². The molecule has 2 aliphatic heterocycles. The number of hydroxylamine groups is 2. The third-order valence-electron chi connectivity index (χ3n) is 4.70. The molecule has 31 heavy (non-hydrogen) atoms. The Labute approximate surface area is 175 Å². The number of carbonyl (C=O) groups is 2. The van der Waals surface area contributed by atoms with E-state index in [1.807, 2.05) is 23.7 Å². The number of fused-ring (bicyclic) bond motifs is 1. The van der Waals surface area contributed by atoms with Gasteiger partial charge in [-0.3, -0.25) is 19.2 Å². The molecule has 0 spiro atoms. The van der Waals surface area contributed by atoms with Crippen LogP contribution >= 0.6 is 0 Å². The Morgan fingerprint density at radius 1 is 1.32 bits per heavy atom. The molecule has 2 aromatic heterocycles. The average Bonchev–Trinajstić information content (AvgIpc) is 3.36. The zero-order valence-electron chi connectivity index (χ0n) is 16.7. The third kappa shape index (κ3) is 5.82. The molecule has 0 bridgehead atoms. The molecule has 0 saturated carbocycles. The summed E-state index contributed by atoms with van der Waals surface area (Å²) >= 11 is 0. The maximum absolute atomic E-state index is 12.9. The topological polar surface area (TPSA) is 114 Å². The number of halogens is 3. The maximum atomic E-state index is 12.9. The molecule has 1 fully saturated rings. The van der Waals surface area contributed by atoms with Gasteiger partial charge in [-0.05, 0) is 25.8 Å². The normalized spacial score (nSPS) is 19.4. The number of hydrogen-bond donors (Lipinski definition) is 1. The Balaban J connectivity index is 0.000000339. The van der Waals surface area contributed by atoms with Gasteiger partial charge in [0.2, 0.25) is 0 Å². The molecule has 2 aliphatic rings. The lowest BCUT2D eigenvalue weighted by molar-refractivity contribution is -0.201. The SMILES string of the molecule is Cc1cc(CN2Cc3ccnn3C(C(=O)N3CCCCO3)C2)no1.O=C(O)C(F)(F)F. The van der Waals surface area contributed by atoms with Crippen molar-refractivity contribution >= 4 is 11.9 Å². The third-order valence-corrected chi connectivity index (χ3v) is 4.70. The van der Waals surface area contributed by atoms with E-state index in [0.717, 1.165) is 36.5 Å². The molecule has 0 aromatic carbocycles. The fourth-order valence-corrected chi connectivity index (χ4v) is 3.32. The van der Waals surface area contributed by atoms with Crippen molar-refractivity contribution in [3.05, 3.63) is 35.5 Å². The number of hydrogen-bond acceptors (Lipinski definition) is 7. The number of rotatable bonds is 3. The number of aryl methyl sites for hydroxylation is 1. The van der Waals surface area contributed by atoms with E-state index in [4.69, 9.17) is 19.3 Å². The number of nitrogens with zero attached hydrogens (tertiary/aromatic N) is 5. The summed E-state index contributed by atoms with van der Waals surface area (Å²) in [4.78, 5) is 29.5. The second-order valence-corrected chi connectivity index (χ2v) is 7.17. The standard InChI is InChI=1S/C16H21N5O3.C2HF3O2/c1-12-8-13(18-24-12)9-19-10-14-4-5-17-21(14)15(11-19)16(22)20-6-2-3-7-23-20;3-2(4,5)1(6)7/h4-5,8,15H,2-3,6-7,9-11H2,1H3;(H,6,7). The molecule has 4 heterocycles. The lowest BCUT2D eigenvalue weighted by atomic mass is 10.1. The highest BCUT2D eigenvalue weighted by molar-refractivity contribution is 5.80. The van der Waals surface area contributed by atoms with Crippen molar-refractivity contribution in [3.8, 4) is 0 Å². The van der Waals surface area contributed by atoms with Crippen molar-refractivity contribution in [1.82, 2.24) is 24.9 Å². The smallest absolute Gasteiger partial charge is 0.475 e. The van der Waals surface area contributed by atoms with Crippen LogP contribution in [0.15, 0.2) is 22.9 Å². The van der Waals surface area contributed by atoms with Gasteiger partial charge in [-0.25, -0.2) is 9.86 Å². The summed E-state index contributed by atoms with van der Waals surface area (Å²) in [6, 6.07) is 3.52. The van der Waals surface area contributed by atoms with Crippen LogP contribution in [0.3, 0.4) is 0 Å². The molecule has 2 aromatic rings. The van der Waals surface area contributed by atoms with E-state index in [0.29, 0.717) is 26.2 Å². The van der Waals surface area contributed by atoms with Crippen LogP contribution in [0.25, 0.3) is 0 Å². The van der Waals surface area contributed by atoms with Gasteiger partial charge in [-0.15, -0.1) is 0 Å². The Morgan fingerprint density at radius 2 is 2.06 bits per heavy atom. The largest absolute Gasteiger partial charge is 0.490 e. The minimum absolute atomic E-state index is 0.0271. The van der Waals surface area contributed by atoms with E-state index in [9.17, 15) is 18.0 Å². The van der Waals surface area contributed by atoms with Gasteiger partial charge >= 0.3 is 12.1 Å². The van der Waals surface area contributed by atoms with Crippen LogP contribution in [-0.4, -0.2) is 67.8 Å². The first kappa shape index (κ1) is 22.7. The van der Waals surface area contributed by atoms with E-state index in [-0.39, 0.29) is 11.9 Å². The summed E-state index contributed by atoms with van der Waals surface area (Å²) < 4.78 is 38.7. The lowest BCUT2D eigenvalue weighted by Gasteiger charge is -2.36. The molecular weight excluding hydrogens is 423 g/mol. The Morgan fingerprint density at radius 3 is 2.65 bits per heavy atom. The highest BCUT2D eigenvalue weighted by Gasteiger charge is 2.38. The first-order valence-corrected chi connectivity index (χ1v) is 9.56. The predicted molar refractivity (Wildman–Crippen MR) is 97.2 cm³/mol. The molecule has 1 unspecified atom stereocenters. The number of alkyl halides is 3. The molecular formula is C18H22F3N5O5. The number of amides is 1. The number of aliphatic carboxylic acids is 1. The van der Waals surface area contributed by atoms with Gasteiger partial charge in [-0.2, -0.15) is 18.3 Å². The van der Waals surface area contributed by atoms with Crippen molar-refractivity contribution < 1.29 is 37.2 Å². The van der Waals surface area contributed by atoms with Crippen LogP contribution in [0.1, 0.15) is 36.0 Å². The molecule has 1 amide bonds. The molecule has 1 saturated heterocycles. The van der Waals surface area contributed by atoms with Gasteiger partial charge in [0.25, 0.3) is 5.91 Å². The van der Waals surface area contributed by atoms with Crippen molar-refractivity contribution in [2.24, 2.45) is 0 Å². The monoisotopic (exact) mass is 445 g/mol. The van der Waals surface area contributed by atoms with Gasteiger partial charge in [0.05, 0.1) is 18.0 Å². The van der Waals surface area contributed by atoms with Crippen molar-refractivity contribution in [1.29, 1.82) is 0 Å². The van der Waals surface area contributed by atoms with Gasteiger partial charge in [0, 0.05) is 38.4 Å². The number of carboxylic acid groups (broad SMARTS) is 1. The minimum Gasteiger partial charge on any atom is -0.475 e. The molecule has 0 aliphatic carbocycles. The van der Waals surface area contributed by atoms with Gasteiger partial charge in [-0.1, -0.05) is 5.16 Å². The zero-order valence-corrected chi connectivity index (χ0v) is 16.7. The fraction of sp³-hybridized carbons (Fsp3) is 0.556. The van der Waals surface area contributed by atoms with Crippen LogP contribution in [0.5, 0.6) is 0 Å². The van der Waals surface area contributed by atoms with E-state index in [1.54, 1.807) is 6.20 Å². The van der Waals surface area contributed by atoms with E-state index >= 15 is 0 Å². The fourth-order valence-electron chi connectivity index (χ4n) is 3.32. The summed E-state index contributed by atoms with van der Waals surface area (Å²) in [5, 5.41) is 17.0. The molecule has 10 nitrogen and oxygen atoms in total. The second kappa shape index (κ2) is 9.47. The first-order valence-electron chi connectivity index (χ1n) is 9.56. The van der Waals surface area contributed by atoms with Gasteiger partial charge in [0.1, 0.15) is 11.8 Å². The Hall–Kier alpha value is -2.93. The van der Waals surface area contributed by atoms with Crippen molar-refractivity contribution in [3.63, 3.8) is 0 Å². The zero-order chi connectivity index (χ0) is 22.6. The number of carbonyl (C=O) groups excluding carboxylic acids is 1. The quantitative estimate of drug-likeness (QED) is 0.762. The summed E-state index contributed by atoms with van der Waals surface area (Å²) in [7, 11) is 0. The van der Waals surface area contributed by atoms with Crippen molar-refractivity contribution in [2.45, 2.75) is 45.1 Å². The predicted octanol–water partition coefficient (Wildman–Crippen LogP) is 1.92. The highest BCUT2D eigenvalue weighted by Crippen LogP contribution is 2.24. The molecule has 13 heteroatoms. The average molecular weight is 445 g/mol. The van der Waals surface area contributed by atoms with Gasteiger partial charge in [0.15, 0.2) is 0 Å². The Kier molecular flexibility index (Phi) is 6.95. The van der Waals surface area contributed by atoms with Crippen LogP contribution in [0.2, 0.25) is 0 Å². The maximum Gasteiger partial charge on any atom is 0.490 e. The summed E-state index contributed by atoms with van der Waals surface area (Å²) in [5.41, 5.74) is 1.90. The summed E-state index contributed by atoms with van der Waals surface area (Å²) in [6.07, 6.45) is -1.36. The summed E-state index contributed by atoms with van der Waals surface area (Å²) in [6.45, 7) is 5.09. The molecule has 4 rings (SSSR count). The highest BCUT2D eigenvalue weighted by atomic mass is 19.4. The number of aromatic nitrogens is 3. The minimum atomic E-state index is -5.08. The summed E-state index contributed by atoms with van der Waals surface area (Å²) in [5.74, 6) is -1.99. The van der Waals surface area contributed by atoms with E-state index < -0.39 is 12.1 Å². The molecule has 170 valence electrons. The van der Waals surface area contributed by atoms with Crippen molar-refractivity contribution in [2.75, 3.05) is 19.7 Å². The van der Waals surface area contributed by atoms with Crippen LogP contribution in [-0.2, 0) is 27.5 Å². The number of carboxylic acids is 1. The molecule has 1 atom stereocenters. The Bertz CT molecular complexity index is 907. The van der Waals surface area contributed by atoms with Crippen LogP contribution < -0.4 is 0 Å². The van der Waals surface area contributed by atoms with Crippen LogP contribution in [0.4, 0.5) is 13.2 Å². The molecule has 0 radical (unpaired) electrons.